The lowest BCUT2D eigenvalue weighted by Crippen LogP contribution is -2.17. The van der Waals surface area contributed by atoms with Gasteiger partial charge in [-0.25, -0.2) is 4.98 Å². The van der Waals surface area contributed by atoms with Crippen LogP contribution in [0.4, 0.5) is 0 Å². The molecule has 0 radical (unpaired) electrons. The van der Waals surface area contributed by atoms with Crippen molar-refractivity contribution in [1.82, 2.24) is 4.98 Å². The number of hydrogen-bond donors (Lipinski definition) is 1. The molecule has 12 rings (SSSR count). The van der Waals surface area contributed by atoms with E-state index in [2.05, 4.69) is 269 Å². The van der Waals surface area contributed by atoms with E-state index in [4.69, 9.17) is 23.9 Å². The molecular formula is C87H97NO6. The molecule has 11 aromatic rings. The van der Waals surface area contributed by atoms with Crippen LogP contribution in [0.25, 0.3) is 65.3 Å². The van der Waals surface area contributed by atoms with Gasteiger partial charge in [0, 0.05) is 76.5 Å². The molecule has 0 saturated carbocycles. The second-order valence-electron chi connectivity index (χ2n) is 35.1. The lowest BCUT2D eigenvalue weighted by molar-refractivity contribution is 0.103. The summed E-state index contributed by atoms with van der Waals surface area (Å²) in [6, 6.07) is 44.7. The van der Waals surface area contributed by atoms with Crippen LogP contribution in [0.2, 0.25) is 0 Å². The number of aryl methyl sites for hydroxylation is 1. The summed E-state index contributed by atoms with van der Waals surface area (Å²) in [6.07, 6.45) is 0. The smallest absolute Gasteiger partial charge is 0.199 e. The molecule has 1 aromatic heterocycles. The maximum Gasteiger partial charge on any atom is 0.199 e. The fraction of sp³-hybridized carbons (Fsp3) is 0.379. The zero-order chi connectivity index (χ0) is 68.4. The van der Waals surface area contributed by atoms with Gasteiger partial charge in [0.2, 0.25) is 0 Å². The van der Waals surface area contributed by atoms with Crippen LogP contribution in [0.15, 0.2) is 127 Å². The molecule has 7 heteroatoms. The molecular weight excluding hydrogens is 1150 g/mol. The van der Waals surface area contributed by atoms with E-state index >= 15 is 4.79 Å². The van der Waals surface area contributed by atoms with E-state index in [9.17, 15) is 5.11 Å². The van der Waals surface area contributed by atoms with Crippen molar-refractivity contribution >= 4 is 59.8 Å². The van der Waals surface area contributed by atoms with Crippen molar-refractivity contribution in [2.24, 2.45) is 0 Å². The first-order valence-corrected chi connectivity index (χ1v) is 33.7. The summed E-state index contributed by atoms with van der Waals surface area (Å²) in [5.41, 5.74) is 9.92. The molecule has 1 N–H and O–H groups in total. The van der Waals surface area contributed by atoms with Crippen LogP contribution >= 0.6 is 0 Å². The minimum Gasteiger partial charge on any atom is -0.506 e. The third-order valence-electron chi connectivity index (χ3n) is 19.3. The van der Waals surface area contributed by atoms with Crippen LogP contribution in [0.5, 0.6) is 51.7 Å². The van der Waals surface area contributed by atoms with Crippen molar-refractivity contribution in [3.05, 3.63) is 189 Å². The van der Waals surface area contributed by atoms with Crippen LogP contribution in [0, 0.1) is 6.92 Å². The Morgan fingerprint density at radius 2 is 0.649 bits per heavy atom. The summed E-state index contributed by atoms with van der Waals surface area (Å²) in [6.45, 7) is 55.7. The summed E-state index contributed by atoms with van der Waals surface area (Å²) in [4.78, 5) is 21.8. The molecule has 10 aromatic carbocycles. The van der Waals surface area contributed by atoms with Crippen LogP contribution in [-0.2, 0) is 43.3 Å². The van der Waals surface area contributed by atoms with Gasteiger partial charge in [0.15, 0.2) is 5.78 Å². The molecule has 1 aliphatic rings. The Morgan fingerprint density at radius 1 is 0.319 bits per heavy atom. The summed E-state index contributed by atoms with van der Waals surface area (Å²) in [7, 11) is 0. The summed E-state index contributed by atoms with van der Waals surface area (Å²) in [5.74, 6) is 4.43. The van der Waals surface area contributed by atoms with Gasteiger partial charge < -0.3 is 24.1 Å². The van der Waals surface area contributed by atoms with Crippen molar-refractivity contribution < 1.29 is 28.8 Å². The maximum atomic E-state index is 16.4. The summed E-state index contributed by atoms with van der Waals surface area (Å²) in [5, 5.41) is 19.4. The highest BCUT2D eigenvalue weighted by Crippen LogP contribution is 2.60. The van der Waals surface area contributed by atoms with Gasteiger partial charge in [-0.2, -0.15) is 0 Å². The molecule has 0 atom stereocenters. The summed E-state index contributed by atoms with van der Waals surface area (Å²) < 4.78 is 31.1. The monoisotopic (exact) mass is 1250 g/mol. The van der Waals surface area contributed by atoms with Crippen molar-refractivity contribution in [2.75, 3.05) is 0 Å². The zero-order valence-corrected chi connectivity index (χ0v) is 60.6. The summed E-state index contributed by atoms with van der Waals surface area (Å²) >= 11 is 0. The number of carbonyl (C=O) groups excluding carboxylic acids is 1. The molecule has 0 amide bonds. The van der Waals surface area contributed by atoms with E-state index < -0.39 is 0 Å². The average molecular weight is 1250 g/mol. The zero-order valence-electron chi connectivity index (χ0n) is 60.6. The van der Waals surface area contributed by atoms with Gasteiger partial charge in [-0.3, -0.25) is 4.79 Å². The Balaban J connectivity index is 1.34. The van der Waals surface area contributed by atoms with Gasteiger partial charge in [-0.1, -0.05) is 238 Å². The molecule has 0 bridgehead atoms. The van der Waals surface area contributed by atoms with Gasteiger partial charge in [-0.15, -0.1) is 0 Å². The molecule has 0 fully saturated rings. The van der Waals surface area contributed by atoms with Gasteiger partial charge >= 0.3 is 0 Å². The Bertz CT molecular complexity index is 4810. The first kappa shape index (κ1) is 65.6. The minimum atomic E-state index is -0.385. The topological polar surface area (TPSA) is 87.1 Å². The van der Waals surface area contributed by atoms with Crippen LogP contribution < -0.4 is 18.9 Å². The standard InChI is InChI=1S/C87H97NO6/c1-47-26-33-60-53(40-47)78(89)76-77(88-60)54-45-67(93-63-38-31-51(82(8,9)10)43-58(63)86(20,21)22)73-71-65(91-61-36-29-49(80(2,3)4)41-56(61)84(14,15)16)34-27-48-28-35-66(92-62-37-30-50(81(5,6)7)42-57(62)85(17,18)19)72(69(48)71)74-68(46-55(79(76)90)70(54)75(73)74)94-64-39-32-52(83(11,12)13)44-59(64)87(23,24)25/h26-46H,1-25H3,(H,88,89). The molecule has 0 unspecified atom stereocenters. The number of ketones is 1. The number of hydrogen-bond acceptors (Lipinski definition) is 7. The van der Waals surface area contributed by atoms with Crippen LogP contribution in [0.1, 0.15) is 232 Å². The normalized spacial score (nSPS) is 13.6. The van der Waals surface area contributed by atoms with Crippen molar-refractivity contribution in [3.8, 4) is 63.0 Å². The van der Waals surface area contributed by atoms with Gasteiger partial charge in [0.05, 0.1) is 16.8 Å². The highest BCUT2D eigenvalue weighted by Gasteiger charge is 2.39. The number of rotatable bonds is 8. The Labute approximate surface area is 558 Å². The third-order valence-corrected chi connectivity index (χ3v) is 19.3. The Kier molecular flexibility index (Phi) is 15.2. The van der Waals surface area contributed by atoms with E-state index in [0.717, 1.165) is 71.6 Å². The number of carbonyl (C=O) groups is 1. The minimum absolute atomic E-state index is 0.119. The lowest BCUT2D eigenvalue weighted by atomic mass is 9.78. The SMILES string of the molecule is Cc1ccc2nc3c(c(O)c2c1)C(=O)c1cc(Oc2ccc(C(C)(C)C)cc2C(C)(C)C)c2c4c(Oc5ccc(C(C)(C)C)cc5C(C)(C)C)ccc5ccc(Oc6ccc(C(C)(C)C)cc6C(C)(C)C)c(c6c(Oc7ccc(C(C)(C)C)cc7C(C)(C)C)cc-3c1c26)c54. The molecule has 7 nitrogen and oxygen atoms in total. The van der Waals surface area contributed by atoms with Gasteiger partial charge in [-0.05, 0) is 139 Å². The predicted octanol–water partition coefficient (Wildman–Crippen LogP) is 25.1. The fourth-order valence-electron chi connectivity index (χ4n) is 13.7. The van der Waals surface area contributed by atoms with Crippen molar-refractivity contribution in [3.63, 3.8) is 0 Å². The Hall–Kier alpha value is -8.42. The second-order valence-corrected chi connectivity index (χ2v) is 35.1. The molecule has 486 valence electrons. The lowest BCUT2D eigenvalue weighted by Gasteiger charge is -2.31. The van der Waals surface area contributed by atoms with E-state index in [1.165, 1.54) is 22.3 Å². The fourth-order valence-corrected chi connectivity index (χ4v) is 13.7. The number of benzene rings is 10. The Morgan fingerprint density at radius 3 is 1.00 bits per heavy atom. The quantitative estimate of drug-likeness (QED) is 0.120. The predicted molar refractivity (Wildman–Crippen MR) is 394 cm³/mol. The second kappa shape index (κ2) is 21.8. The molecule has 0 saturated heterocycles. The highest BCUT2D eigenvalue weighted by atomic mass is 16.5. The van der Waals surface area contributed by atoms with Gasteiger partial charge in [0.25, 0.3) is 0 Å². The largest absolute Gasteiger partial charge is 0.506 e. The van der Waals surface area contributed by atoms with E-state index in [1.54, 1.807) is 0 Å². The van der Waals surface area contributed by atoms with E-state index in [1.807, 2.05) is 31.2 Å². The number of aromatic nitrogens is 1. The van der Waals surface area contributed by atoms with Crippen LogP contribution in [0.3, 0.4) is 0 Å². The first-order valence-electron chi connectivity index (χ1n) is 33.7. The number of nitrogens with zero attached hydrogens (tertiary/aromatic N) is 1. The van der Waals surface area contributed by atoms with Gasteiger partial charge in [0.1, 0.15) is 51.7 Å². The first-order chi connectivity index (χ1) is 43.4. The molecule has 1 heterocycles. The number of pyridine rings is 1. The van der Waals surface area contributed by atoms with E-state index in [0.29, 0.717) is 73.0 Å². The number of ether oxygens (including phenoxy) is 4. The number of fused-ring (bicyclic) bond motifs is 5. The number of aromatic hydroxyl groups is 1. The molecule has 94 heavy (non-hydrogen) atoms. The molecule has 0 aliphatic heterocycles. The maximum absolute atomic E-state index is 16.4. The average Bonchev–Trinajstić information content (AvgIpc) is 0.677. The van der Waals surface area contributed by atoms with Crippen molar-refractivity contribution in [2.45, 2.75) is 216 Å². The molecule has 1 aliphatic carbocycles. The van der Waals surface area contributed by atoms with Crippen molar-refractivity contribution in [1.29, 1.82) is 0 Å². The third kappa shape index (κ3) is 11.5. The van der Waals surface area contributed by atoms with E-state index in [-0.39, 0.29) is 60.4 Å². The van der Waals surface area contributed by atoms with Crippen LogP contribution in [-0.4, -0.2) is 15.9 Å². The highest BCUT2D eigenvalue weighted by molar-refractivity contribution is 6.42. The molecule has 0 spiro atoms.